The lowest BCUT2D eigenvalue weighted by molar-refractivity contribution is 0.102. The average Bonchev–Trinajstić information content (AvgIpc) is 3.08. The number of aryl methyl sites for hydroxylation is 2. The third-order valence-electron chi connectivity index (χ3n) is 4.70. The van der Waals surface area contributed by atoms with Crippen molar-refractivity contribution < 1.29 is 14.3 Å². The molecule has 1 amide bonds. The number of methoxy groups -OCH3 is 2. The van der Waals surface area contributed by atoms with Gasteiger partial charge in [-0.3, -0.25) is 9.59 Å². The molecule has 1 aliphatic rings. The SMILES string of the molecule is COc1ccc(NC(=O)c2cn3c4c(cccc4c2=O)CC3)c(OC)c1. The van der Waals surface area contributed by atoms with Crippen molar-refractivity contribution in [2.24, 2.45) is 0 Å². The quantitative estimate of drug-likeness (QED) is 0.786. The van der Waals surface area contributed by atoms with Crippen LogP contribution in [-0.4, -0.2) is 24.7 Å². The van der Waals surface area contributed by atoms with Crippen LogP contribution in [0.2, 0.25) is 0 Å². The van der Waals surface area contributed by atoms with Gasteiger partial charge in [0.05, 0.1) is 25.4 Å². The summed E-state index contributed by atoms with van der Waals surface area (Å²) >= 11 is 0. The van der Waals surface area contributed by atoms with Gasteiger partial charge in [-0.2, -0.15) is 0 Å². The highest BCUT2D eigenvalue weighted by Gasteiger charge is 2.21. The van der Waals surface area contributed by atoms with Gasteiger partial charge in [0, 0.05) is 24.2 Å². The minimum absolute atomic E-state index is 0.120. The third-order valence-corrected chi connectivity index (χ3v) is 4.70. The number of carbonyl (C=O) groups excluding carboxylic acids is 1. The smallest absolute Gasteiger partial charge is 0.261 e. The topological polar surface area (TPSA) is 69.6 Å². The van der Waals surface area contributed by atoms with E-state index in [-0.39, 0.29) is 11.0 Å². The number of hydrogen-bond acceptors (Lipinski definition) is 4. The van der Waals surface area contributed by atoms with Crippen molar-refractivity contribution in [3.05, 3.63) is 63.9 Å². The van der Waals surface area contributed by atoms with Crippen LogP contribution >= 0.6 is 0 Å². The van der Waals surface area contributed by atoms with Crippen LogP contribution in [0.15, 0.2) is 47.4 Å². The maximum Gasteiger partial charge on any atom is 0.261 e. The number of benzene rings is 2. The molecular weight excluding hydrogens is 332 g/mol. The Morgan fingerprint density at radius 3 is 2.77 bits per heavy atom. The summed E-state index contributed by atoms with van der Waals surface area (Å²) in [5, 5.41) is 3.35. The number of anilines is 1. The van der Waals surface area contributed by atoms with Crippen LogP contribution in [0.5, 0.6) is 11.5 Å². The summed E-state index contributed by atoms with van der Waals surface area (Å²) in [6.45, 7) is 0.766. The van der Waals surface area contributed by atoms with Crippen LogP contribution in [-0.2, 0) is 13.0 Å². The van der Waals surface area contributed by atoms with Gasteiger partial charge < -0.3 is 19.4 Å². The fraction of sp³-hybridized carbons (Fsp3) is 0.200. The van der Waals surface area contributed by atoms with Gasteiger partial charge in [-0.15, -0.1) is 0 Å². The van der Waals surface area contributed by atoms with E-state index in [1.54, 1.807) is 37.6 Å². The van der Waals surface area contributed by atoms with Gasteiger partial charge in [0.2, 0.25) is 5.43 Å². The Kier molecular flexibility index (Phi) is 3.88. The molecule has 6 heteroatoms. The number of rotatable bonds is 4. The molecule has 0 bridgehead atoms. The second kappa shape index (κ2) is 6.22. The molecule has 4 rings (SSSR count). The van der Waals surface area contributed by atoms with Crippen LogP contribution in [0.4, 0.5) is 5.69 Å². The first-order valence-electron chi connectivity index (χ1n) is 8.31. The predicted octanol–water partition coefficient (Wildman–Crippen LogP) is 2.83. The minimum Gasteiger partial charge on any atom is -0.497 e. The fourth-order valence-corrected chi connectivity index (χ4v) is 3.41. The van der Waals surface area contributed by atoms with E-state index in [9.17, 15) is 9.59 Å². The second-order valence-electron chi connectivity index (χ2n) is 6.15. The largest absolute Gasteiger partial charge is 0.497 e. The number of pyridine rings is 1. The fourth-order valence-electron chi connectivity index (χ4n) is 3.41. The van der Waals surface area contributed by atoms with Gasteiger partial charge in [0.15, 0.2) is 0 Å². The van der Waals surface area contributed by atoms with Crippen molar-refractivity contribution in [2.45, 2.75) is 13.0 Å². The zero-order chi connectivity index (χ0) is 18.3. The molecule has 0 fully saturated rings. The number of carbonyl (C=O) groups is 1. The number of nitrogens with zero attached hydrogens (tertiary/aromatic N) is 1. The van der Waals surface area contributed by atoms with E-state index in [0.29, 0.717) is 22.6 Å². The van der Waals surface area contributed by atoms with Crippen molar-refractivity contribution in [1.82, 2.24) is 4.57 Å². The zero-order valence-corrected chi connectivity index (χ0v) is 14.5. The van der Waals surface area contributed by atoms with Crippen LogP contribution in [0, 0.1) is 0 Å². The predicted molar refractivity (Wildman–Crippen MR) is 99.4 cm³/mol. The van der Waals surface area contributed by atoms with E-state index >= 15 is 0 Å². The molecule has 1 N–H and O–H groups in total. The van der Waals surface area contributed by atoms with Crippen molar-refractivity contribution in [3.63, 3.8) is 0 Å². The van der Waals surface area contributed by atoms with Crippen LogP contribution in [0.3, 0.4) is 0 Å². The molecule has 0 saturated carbocycles. The number of ether oxygens (including phenoxy) is 2. The number of hydrogen-bond donors (Lipinski definition) is 1. The molecule has 0 spiro atoms. The first kappa shape index (κ1) is 16.2. The molecule has 0 atom stereocenters. The molecule has 2 aromatic carbocycles. The summed E-state index contributed by atoms with van der Waals surface area (Å²) in [4.78, 5) is 25.6. The van der Waals surface area contributed by atoms with Crippen molar-refractivity contribution in [1.29, 1.82) is 0 Å². The molecule has 1 aliphatic heterocycles. The zero-order valence-electron chi connectivity index (χ0n) is 14.5. The maximum absolute atomic E-state index is 12.8. The van der Waals surface area contributed by atoms with Crippen molar-refractivity contribution >= 4 is 22.5 Å². The molecule has 1 aromatic heterocycles. The first-order valence-corrected chi connectivity index (χ1v) is 8.31. The molecule has 0 radical (unpaired) electrons. The number of nitrogens with one attached hydrogen (secondary N) is 1. The molecule has 2 heterocycles. The Labute approximate surface area is 150 Å². The monoisotopic (exact) mass is 350 g/mol. The first-order chi connectivity index (χ1) is 12.6. The van der Waals surface area contributed by atoms with Gasteiger partial charge in [-0.25, -0.2) is 0 Å². The Balaban J connectivity index is 1.75. The Bertz CT molecular complexity index is 1090. The summed E-state index contributed by atoms with van der Waals surface area (Å²) < 4.78 is 12.4. The minimum atomic E-state index is -0.457. The summed E-state index contributed by atoms with van der Waals surface area (Å²) in [5.74, 6) is 0.623. The van der Waals surface area contributed by atoms with E-state index in [2.05, 4.69) is 5.32 Å². The van der Waals surface area contributed by atoms with Gasteiger partial charge in [-0.05, 0) is 30.2 Å². The highest BCUT2D eigenvalue weighted by Crippen LogP contribution is 2.29. The standard InChI is InChI=1S/C20H18N2O4/c1-25-13-6-7-16(17(10-13)26-2)21-20(24)15-11-22-9-8-12-4-3-5-14(18(12)22)19(15)23/h3-7,10-11H,8-9H2,1-2H3,(H,21,24). The molecule has 6 nitrogen and oxygen atoms in total. The van der Waals surface area contributed by atoms with E-state index in [4.69, 9.17) is 9.47 Å². The highest BCUT2D eigenvalue weighted by atomic mass is 16.5. The number of amides is 1. The third kappa shape index (κ3) is 2.50. The molecule has 0 aliphatic carbocycles. The average molecular weight is 350 g/mol. The molecule has 0 unspecified atom stereocenters. The Morgan fingerprint density at radius 1 is 1.15 bits per heavy atom. The van der Waals surface area contributed by atoms with Crippen molar-refractivity contribution in [2.75, 3.05) is 19.5 Å². The summed E-state index contributed by atoms with van der Waals surface area (Å²) in [6.07, 6.45) is 2.51. The highest BCUT2D eigenvalue weighted by molar-refractivity contribution is 6.06. The number of para-hydroxylation sites is 1. The molecular formula is C20H18N2O4. The van der Waals surface area contributed by atoms with Crippen LogP contribution in [0.1, 0.15) is 15.9 Å². The van der Waals surface area contributed by atoms with Gasteiger partial charge in [-0.1, -0.05) is 12.1 Å². The van der Waals surface area contributed by atoms with E-state index < -0.39 is 5.91 Å². The Morgan fingerprint density at radius 2 is 2.00 bits per heavy atom. The summed E-state index contributed by atoms with van der Waals surface area (Å²) in [6, 6.07) is 10.7. The Hall–Kier alpha value is -3.28. The maximum atomic E-state index is 12.8. The molecule has 26 heavy (non-hydrogen) atoms. The molecule has 0 saturated heterocycles. The van der Waals surface area contributed by atoms with Crippen LogP contribution < -0.4 is 20.2 Å². The van der Waals surface area contributed by atoms with Crippen LogP contribution in [0.25, 0.3) is 10.9 Å². The lowest BCUT2D eigenvalue weighted by atomic mass is 10.1. The van der Waals surface area contributed by atoms with Gasteiger partial charge in [0.1, 0.15) is 17.1 Å². The van der Waals surface area contributed by atoms with Gasteiger partial charge in [0.25, 0.3) is 5.91 Å². The van der Waals surface area contributed by atoms with Crippen molar-refractivity contribution in [3.8, 4) is 11.5 Å². The number of aromatic nitrogens is 1. The second-order valence-corrected chi connectivity index (χ2v) is 6.15. The van der Waals surface area contributed by atoms with E-state index in [1.165, 1.54) is 7.11 Å². The summed E-state index contributed by atoms with van der Waals surface area (Å²) in [5.41, 5.74) is 2.41. The van der Waals surface area contributed by atoms with E-state index in [0.717, 1.165) is 24.0 Å². The molecule has 132 valence electrons. The lowest BCUT2D eigenvalue weighted by Crippen LogP contribution is -2.23. The molecule has 3 aromatic rings. The summed E-state index contributed by atoms with van der Waals surface area (Å²) in [7, 11) is 3.07. The van der Waals surface area contributed by atoms with Gasteiger partial charge >= 0.3 is 0 Å². The lowest BCUT2D eigenvalue weighted by Gasteiger charge is -2.12. The normalized spacial score (nSPS) is 12.2. The van der Waals surface area contributed by atoms with E-state index in [1.807, 2.05) is 16.7 Å².